The average Bonchev–Trinajstić information content (AvgIpc) is 2.81. The maximum Gasteiger partial charge on any atom is 0.313 e. The monoisotopic (exact) mass is 321 g/mol. The third-order valence-corrected chi connectivity index (χ3v) is 3.92. The van der Waals surface area contributed by atoms with E-state index in [1.807, 2.05) is 0 Å². The number of carboxylic acid groups (broad SMARTS) is 1. The first kappa shape index (κ1) is 14.6. The molecule has 1 aromatic carbocycles. The molecule has 0 saturated carbocycles. The van der Waals surface area contributed by atoms with Gasteiger partial charge < -0.3 is 10.4 Å². The second-order valence-corrected chi connectivity index (χ2v) is 5.63. The van der Waals surface area contributed by atoms with Crippen LogP contribution in [-0.2, 0) is 4.79 Å². The van der Waals surface area contributed by atoms with E-state index in [0.717, 1.165) is 35.2 Å². The van der Waals surface area contributed by atoms with E-state index in [-0.39, 0.29) is 16.6 Å². The highest BCUT2D eigenvalue weighted by atomic mass is 32.2. The molecular weight excluding hydrogens is 315 g/mol. The average molecular weight is 321 g/mol. The minimum absolute atomic E-state index is 0.0210. The number of aromatic nitrogens is 2. The van der Waals surface area contributed by atoms with E-state index >= 15 is 0 Å². The molecule has 106 valence electrons. The Balaban J connectivity index is 2.09. The largest absolute Gasteiger partial charge is 0.481 e. The van der Waals surface area contributed by atoms with Gasteiger partial charge in [-0.15, -0.1) is 10.2 Å². The van der Waals surface area contributed by atoms with Crippen LogP contribution in [0, 0.1) is 17.5 Å². The fraction of sp³-hybridized carbons (Fsp3) is 0.100. The van der Waals surface area contributed by atoms with E-state index in [0.29, 0.717) is 4.34 Å². The maximum absolute atomic E-state index is 13.0. The van der Waals surface area contributed by atoms with Crippen molar-refractivity contribution < 1.29 is 23.1 Å². The number of carbonyl (C=O) groups is 1. The Kier molecular flexibility index (Phi) is 4.45. The number of anilines is 2. The quantitative estimate of drug-likeness (QED) is 0.651. The van der Waals surface area contributed by atoms with Crippen LogP contribution >= 0.6 is 23.1 Å². The van der Waals surface area contributed by atoms with Crippen molar-refractivity contribution in [1.29, 1.82) is 0 Å². The molecule has 2 aromatic rings. The molecule has 20 heavy (non-hydrogen) atoms. The van der Waals surface area contributed by atoms with Crippen LogP contribution in [0.15, 0.2) is 16.5 Å². The molecule has 0 radical (unpaired) electrons. The second-order valence-electron chi connectivity index (χ2n) is 3.43. The summed E-state index contributed by atoms with van der Waals surface area (Å²) in [6.45, 7) is 0. The molecule has 5 nitrogen and oxygen atoms in total. The van der Waals surface area contributed by atoms with Crippen molar-refractivity contribution in [3.05, 3.63) is 29.6 Å². The zero-order valence-corrected chi connectivity index (χ0v) is 11.2. The number of thioether (sulfide) groups is 1. The Morgan fingerprint density at radius 3 is 2.55 bits per heavy atom. The molecule has 0 bridgehead atoms. The van der Waals surface area contributed by atoms with Crippen molar-refractivity contribution in [3.63, 3.8) is 0 Å². The predicted octanol–water partition coefficient (Wildman–Crippen LogP) is 2.88. The molecule has 0 amide bonds. The molecule has 2 N–H and O–H groups in total. The summed E-state index contributed by atoms with van der Waals surface area (Å²) in [4.78, 5) is 10.4. The Labute approximate surface area is 118 Å². The number of hydrogen-bond acceptors (Lipinski definition) is 6. The van der Waals surface area contributed by atoms with Gasteiger partial charge in [0.2, 0.25) is 5.13 Å². The fourth-order valence-electron chi connectivity index (χ4n) is 1.19. The first-order valence-electron chi connectivity index (χ1n) is 5.05. The zero-order valence-electron chi connectivity index (χ0n) is 9.56. The van der Waals surface area contributed by atoms with Crippen molar-refractivity contribution >= 4 is 39.9 Å². The van der Waals surface area contributed by atoms with Crippen LogP contribution in [-0.4, -0.2) is 27.0 Å². The number of carboxylic acids is 1. The van der Waals surface area contributed by atoms with E-state index in [1.54, 1.807) is 0 Å². The smallest absolute Gasteiger partial charge is 0.313 e. The molecule has 1 aromatic heterocycles. The van der Waals surface area contributed by atoms with Crippen molar-refractivity contribution in [2.24, 2.45) is 0 Å². The highest BCUT2D eigenvalue weighted by Gasteiger charge is 2.12. The lowest BCUT2D eigenvalue weighted by atomic mass is 10.3. The molecule has 2 rings (SSSR count). The molecule has 0 aliphatic rings. The van der Waals surface area contributed by atoms with Gasteiger partial charge in [-0.3, -0.25) is 4.79 Å². The van der Waals surface area contributed by atoms with Crippen molar-refractivity contribution in [1.82, 2.24) is 10.2 Å². The minimum atomic E-state index is -1.55. The number of halogens is 3. The highest BCUT2D eigenvalue weighted by Crippen LogP contribution is 2.28. The Morgan fingerprint density at radius 2 is 1.95 bits per heavy atom. The lowest BCUT2D eigenvalue weighted by Crippen LogP contribution is -1.96. The molecule has 0 aliphatic carbocycles. The van der Waals surface area contributed by atoms with E-state index in [9.17, 15) is 18.0 Å². The van der Waals surface area contributed by atoms with Gasteiger partial charge in [-0.1, -0.05) is 23.1 Å². The van der Waals surface area contributed by atoms with Crippen LogP contribution in [0.5, 0.6) is 0 Å². The summed E-state index contributed by atoms with van der Waals surface area (Å²) in [5.74, 6) is -5.36. The van der Waals surface area contributed by atoms with Gasteiger partial charge >= 0.3 is 5.97 Å². The van der Waals surface area contributed by atoms with Gasteiger partial charge in [0.15, 0.2) is 21.8 Å². The van der Waals surface area contributed by atoms with Crippen LogP contribution in [0.2, 0.25) is 0 Å². The van der Waals surface area contributed by atoms with Gasteiger partial charge in [0.1, 0.15) is 0 Å². The topological polar surface area (TPSA) is 75.1 Å². The van der Waals surface area contributed by atoms with E-state index in [4.69, 9.17) is 5.11 Å². The highest BCUT2D eigenvalue weighted by molar-refractivity contribution is 8.01. The lowest BCUT2D eigenvalue weighted by molar-refractivity contribution is -0.133. The number of nitrogens with one attached hydrogen (secondary N) is 1. The number of aliphatic carboxylic acids is 1. The van der Waals surface area contributed by atoms with Gasteiger partial charge in [-0.2, -0.15) is 0 Å². The van der Waals surface area contributed by atoms with Crippen LogP contribution in [0.3, 0.4) is 0 Å². The summed E-state index contributed by atoms with van der Waals surface area (Å²) in [6.07, 6.45) is 0. The van der Waals surface area contributed by atoms with Crippen LogP contribution in [0.4, 0.5) is 24.0 Å². The molecule has 0 fully saturated rings. The molecule has 0 unspecified atom stereocenters. The maximum atomic E-state index is 13.0. The van der Waals surface area contributed by atoms with E-state index in [1.165, 1.54) is 0 Å². The second kappa shape index (κ2) is 6.09. The standard InChI is InChI=1S/C10H6F3N3O2S2/c11-5-1-4(2-6(12)8(5)13)14-9-15-16-10(20-9)19-3-7(17)18/h1-2H,3H2,(H,14,15)(H,17,18). The zero-order chi connectivity index (χ0) is 14.7. The first-order chi connectivity index (χ1) is 9.45. The lowest BCUT2D eigenvalue weighted by Gasteiger charge is -2.03. The summed E-state index contributed by atoms with van der Waals surface area (Å²) in [6, 6.07) is 1.56. The van der Waals surface area contributed by atoms with Crippen LogP contribution in [0.25, 0.3) is 0 Å². The van der Waals surface area contributed by atoms with E-state index < -0.39 is 23.4 Å². The van der Waals surface area contributed by atoms with Crippen LogP contribution < -0.4 is 5.32 Å². The number of hydrogen-bond donors (Lipinski definition) is 2. The normalized spacial score (nSPS) is 10.6. The van der Waals surface area contributed by atoms with E-state index in [2.05, 4.69) is 15.5 Å². The third-order valence-electron chi connectivity index (χ3n) is 1.96. The number of nitrogens with zero attached hydrogens (tertiary/aromatic N) is 2. The summed E-state index contributed by atoms with van der Waals surface area (Å²) in [5, 5.41) is 18.6. The van der Waals surface area contributed by atoms with Crippen molar-refractivity contribution in [2.75, 3.05) is 11.1 Å². The minimum Gasteiger partial charge on any atom is -0.481 e. The summed E-state index contributed by atoms with van der Waals surface area (Å²) in [7, 11) is 0. The summed E-state index contributed by atoms with van der Waals surface area (Å²) < 4.78 is 39.2. The molecule has 10 heteroatoms. The molecule has 0 atom stereocenters. The van der Waals surface area contributed by atoms with Gasteiger partial charge in [0.05, 0.1) is 5.75 Å². The fourth-order valence-corrected chi connectivity index (χ4v) is 2.69. The first-order valence-corrected chi connectivity index (χ1v) is 6.85. The number of benzene rings is 1. The number of rotatable bonds is 5. The van der Waals surface area contributed by atoms with Gasteiger partial charge in [0.25, 0.3) is 0 Å². The SMILES string of the molecule is O=C(O)CSc1nnc(Nc2cc(F)c(F)c(F)c2)s1. The molecule has 0 spiro atoms. The third kappa shape index (κ3) is 3.61. The summed E-state index contributed by atoms with van der Waals surface area (Å²) in [5.41, 5.74) is -0.0210. The molecule has 0 aliphatic heterocycles. The summed E-state index contributed by atoms with van der Waals surface area (Å²) >= 11 is 1.98. The van der Waals surface area contributed by atoms with Gasteiger partial charge in [0, 0.05) is 17.8 Å². The van der Waals surface area contributed by atoms with Crippen molar-refractivity contribution in [2.45, 2.75) is 4.34 Å². The van der Waals surface area contributed by atoms with Crippen molar-refractivity contribution in [3.8, 4) is 0 Å². The Hall–Kier alpha value is -1.81. The van der Waals surface area contributed by atoms with Crippen LogP contribution in [0.1, 0.15) is 0 Å². The Bertz CT molecular complexity index is 627. The predicted molar refractivity (Wildman–Crippen MR) is 67.9 cm³/mol. The Morgan fingerprint density at radius 1 is 1.30 bits per heavy atom. The van der Waals surface area contributed by atoms with Gasteiger partial charge in [-0.25, -0.2) is 13.2 Å². The molecule has 0 saturated heterocycles. The molecule has 1 heterocycles. The van der Waals surface area contributed by atoms with Gasteiger partial charge in [-0.05, 0) is 0 Å². The molecular formula is C10H6F3N3O2S2.